The van der Waals surface area contributed by atoms with Gasteiger partial charge < -0.3 is 10.1 Å². The van der Waals surface area contributed by atoms with Gasteiger partial charge in [0, 0.05) is 0 Å². The van der Waals surface area contributed by atoms with Crippen LogP contribution in [0.1, 0.15) is 21.5 Å². The van der Waals surface area contributed by atoms with E-state index < -0.39 is 5.97 Å². The predicted octanol–water partition coefficient (Wildman–Crippen LogP) is 2.56. The monoisotopic (exact) mass is 338 g/mol. The molecule has 0 saturated carbocycles. The van der Waals surface area contributed by atoms with E-state index in [0.29, 0.717) is 17.0 Å². The molecule has 1 saturated heterocycles. The van der Waals surface area contributed by atoms with Crippen LogP contribution in [0.25, 0.3) is 6.08 Å². The van der Waals surface area contributed by atoms with Crippen molar-refractivity contribution in [2.24, 2.45) is 0 Å². The third-order valence-corrected chi connectivity index (χ3v) is 3.58. The number of carbonyl (C=O) groups is 2. The highest BCUT2D eigenvalue weighted by molar-refractivity contribution is 7.80. The number of thiocarbonyl (C=S) groups is 1. The second-order valence-corrected chi connectivity index (χ2v) is 5.70. The quantitative estimate of drug-likeness (QED) is 0.390. The summed E-state index contributed by atoms with van der Waals surface area (Å²) < 4.78 is 5.34. The zero-order chi connectivity index (χ0) is 17.1. The zero-order valence-electron chi connectivity index (χ0n) is 12.8. The molecule has 1 amide bonds. The summed E-state index contributed by atoms with van der Waals surface area (Å²) in [6.07, 6.45) is 1.67. The summed E-state index contributed by atoms with van der Waals surface area (Å²) in [6.45, 7) is 1.91. The molecule has 1 aliphatic heterocycles. The Hall–Kier alpha value is -2.99. The number of aryl methyl sites for hydroxylation is 1. The van der Waals surface area contributed by atoms with Gasteiger partial charge in [0.05, 0.1) is 5.56 Å². The minimum atomic E-state index is -0.410. The number of ether oxygens (including phenoxy) is 1. The maximum absolute atomic E-state index is 12.1. The average Bonchev–Trinajstić information content (AvgIpc) is 2.87. The Morgan fingerprint density at radius 2 is 1.88 bits per heavy atom. The van der Waals surface area contributed by atoms with Gasteiger partial charge in [0.2, 0.25) is 0 Å². The fourth-order valence-electron chi connectivity index (χ4n) is 2.22. The van der Waals surface area contributed by atoms with E-state index in [-0.39, 0.29) is 11.0 Å². The van der Waals surface area contributed by atoms with Crippen molar-refractivity contribution in [1.82, 2.24) is 10.6 Å². The van der Waals surface area contributed by atoms with Crippen LogP contribution in [0.2, 0.25) is 0 Å². The molecule has 0 bridgehead atoms. The van der Waals surface area contributed by atoms with Crippen molar-refractivity contribution < 1.29 is 14.3 Å². The Labute approximate surface area is 144 Å². The minimum absolute atomic E-state index is 0.269. The van der Waals surface area contributed by atoms with Gasteiger partial charge in [-0.1, -0.05) is 29.8 Å². The Kier molecular flexibility index (Phi) is 4.39. The number of hydrogen-bond donors (Lipinski definition) is 2. The first kappa shape index (κ1) is 15.9. The Morgan fingerprint density at radius 3 is 2.50 bits per heavy atom. The summed E-state index contributed by atoms with van der Waals surface area (Å²) >= 11 is 4.87. The van der Waals surface area contributed by atoms with Crippen LogP contribution in [-0.4, -0.2) is 17.0 Å². The zero-order valence-corrected chi connectivity index (χ0v) is 13.6. The summed E-state index contributed by atoms with van der Waals surface area (Å²) in [7, 11) is 0. The molecule has 0 atom stereocenters. The highest BCUT2D eigenvalue weighted by Gasteiger charge is 2.19. The Balaban J connectivity index is 1.71. The van der Waals surface area contributed by atoms with E-state index in [4.69, 9.17) is 17.0 Å². The van der Waals surface area contributed by atoms with Crippen LogP contribution in [0.5, 0.6) is 5.75 Å². The van der Waals surface area contributed by atoms with Crippen LogP contribution in [0, 0.1) is 6.92 Å². The molecule has 0 aromatic heterocycles. The topological polar surface area (TPSA) is 67.4 Å². The summed E-state index contributed by atoms with van der Waals surface area (Å²) in [5.41, 5.74) is 2.66. The van der Waals surface area contributed by atoms with Crippen LogP contribution < -0.4 is 15.4 Å². The second-order valence-electron chi connectivity index (χ2n) is 5.29. The van der Waals surface area contributed by atoms with Gasteiger partial charge in [-0.25, -0.2) is 4.79 Å². The molecule has 0 spiro atoms. The molecular weight excluding hydrogens is 324 g/mol. The van der Waals surface area contributed by atoms with Gasteiger partial charge >= 0.3 is 5.97 Å². The van der Waals surface area contributed by atoms with Crippen molar-refractivity contribution in [2.45, 2.75) is 6.92 Å². The average molecular weight is 338 g/mol. The van der Waals surface area contributed by atoms with Crippen molar-refractivity contribution >= 4 is 35.3 Å². The smallest absolute Gasteiger partial charge is 0.343 e. The number of carbonyl (C=O) groups excluding carboxylic acids is 2. The minimum Gasteiger partial charge on any atom is -0.423 e. The fourth-order valence-corrected chi connectivity index (χ4v) is 2.42. The van der Waals surface area contributed by atoms with Crippen molar-refractivity contribution in [3.63, 3.8) is 0 Å². The van der Waals surface area contributed by atoms with Crippen molar-refractivity contribution in [2.75, 3.05) is 0 Å². The van der Waals surface area contributed by atoms with Crippen LogP contribution in [-0.2, 0) is 4.79 Å². The van der Waals surface area contributed by atoms with Crippen molar-refractivity contribution in [3.05, 3.63) is 70.9 Å². The fraction of sp³-hybridized carbons (Fsp3) is 0.0556. The van der Waals surface area contributed by atoms with Crippen LogP contribution in [0.3, 0.4) is 0 Å². The number of hydrogen-bond acceptors (Lipinski definition) is 4. The van der Waals surface area contributed by atoms with Gasteiger partial charge in [-0.05, 0) is 55.0 Å². The lowest BCUT2D eigenvalue weighted by molar-refractivity contribution is -0.115. The SMILES string of the molecule is Cc1cccc(C(=O)Oc2ccc(/C=C3/NC(=S)NC3=O)cc2)c1. The second kappa shape index (κ2) is 6.64. The van der Waals surface area contributed by atoms with Gasteiger partial charge in [0.25, 0.3) is 5.91 Å². The highest BCUT2D eigenvalue weighted by atomic mass is 32.1. The summed E-state index contributed by atoms with van der Waals surface area (Å²) in [5, 5.41) is 5.55. The standard InChI is InChI=1S/C18H14N2O3S/c1-11-3-2-4-13(9-11)17(22)23-14-7-5-12(6-8-14)10-15-16(21)20-18(24)19-15/h2-10H,1H3,(H2,19,20,21,24)/b15-10+. The van der Waals surface area contributed by atoms with E-state index in [1.54, 1.807) is 42.5 Å². The summed E-state index contributed by atoms with van der Waals surface area (Å²) in [5.74, 6) is -0.245. The summed E-state index contributed by atoms with van der Waals surface area (Å²) in [6, 6.07) is 14.1. The molecular formula is C18H14N2O3S. The predicted molar refractivity (Wildman–Crippen MR) is 94.4 cm³/mol. The van der Waals surface area contributed by atoms with Crippen LogP contribution in [0.4, 0.5) is 0 Å². The Morgan fingerprint density at radius 1 is 1.12 bits per heavy atom. The molecule has 2 aromatic carbocycles. The number of amides is 1. The Bertz CT molecular complexity index is 857. The molecule has 2 aromatic rings. The molecule has 2 N–H and O–H groups in total. The maximum Gasteiger partial charge on any atom is 0.343 e. The maximum atomic E-state index is 12.1. The molecule has 6 heteroatoms. The van der Waals surface area contributed by atoms with Gasteiger partial charge in [-0.3, -0.25) is 10.1 Å². The van der Waals surface area contributed by atoms with E-state index in [9.17, 15) is 9.59 Å². The number of benzene rings is 2. The van der Waals surface area contributed by atoms with Gasteiger partial charge in [0.1, 0.15) is 11.4 Å². The molecule has 0 radical (unpaired) electrons. The first-order valence-electron chi connectivity index (χ1n) is 7.24. The van der Waals surface area contributed by atoms with E-state index in [0.717, 1.165) is 11.1 Å². The number of rotatable bonds is 3. The van der Waals surface area contributed by atoms with Crippen LogP contribution in [0.15, 0.2) is 54.2 Å². The van der Waals surface area contributed by atoms with E-state index in [1.807, 2.05) is 19.1 Å². The lowest BCUT2D eigenvalue weighted by Crippen LogP contribution is -2.21. The normalized spacial score (nSPS) is 15.1. The molecule has 1 fully saturated rings. The molecule has 3 rings (SSSR count). The third kappa shape index (κ3) is 3.67. The molecule has 1 aliphatic rings. The first-order chi connectivity index (χ1) is 11.5. The molecule has 1 heterocycles. The van der Waals surface area contributed by atoms with Crippen LogP contribution >= 0.6 is 12.2 Å². The molecule has 0 aliphatic carbocycles. The van der Waals surface area contributed by atoms with Crippen molar-refractivity contribution in [1.29, 1.82) is 0 Å². The number of nitrogens with one attached hydrogen (secondary N) is 2. The van der Waals surface area contributed by atoms with Gasteiger partial charge in [-0.2, -0.15) is 0 Å². The highest BCUT2D eigenvalue weighted by Crippen LogP contribution is 2.17. The molecule has 24 heavy (non-hydrogen) atoms. The lowest BCUT2D eigenvalue weighted by atomic mass is 10.1. The van der Waals surface area contributed by atoms with Gasteiger partial charge in [0.15, 0.2) is 5.11 Å². The largest absolute Gasteiger partial charge is 0.423 e. The lowest BCUT2D eigenvalue weighted by Gasteiger charge is -2.05. The molecule has 0 unspecified atom stereocenters. The first-order valence-corrected chi connectivity index (χ1v) is 7.65. The molecule has 5 nitrogen and oxygen atoms in total. The van der Waals surface area contributed by atoms with Crippen molar-refractivity contribution in [3.8, 4) is 5.75 Å². The van der Waals surface area contributed by atoms with E-state index in [1.165, 1.54) is 0 Å². The van der Waals surface area contributed by atoms with E-state index in [2.05, 4.69) is 10.6 Å². The third-order valence-electron chi connectivity index (χ3n) is 3.38. The van der Waals surface area contributed by atoms with E-state index >= 15 is 0 Å². The summed E-state index contributed by atoms with van der Waals surface area (Å²) in [4.78, 5) is 23.7. The number of esters is 1. The van der Waals surface area contributed by atoms with Gasteiger partial charge in [-0.15, -0.1) is 0 Å². The molecule has 120 valence electrons.